The van der Waals surface area contributed by atoms with Crippen LogP contribution in [0.1, 0.15) is 31.7 Å². The monoisotopic (exact) mass is 390 g/mol. The Kier molecular flexibility index (Phi) is 8.26. The van der Waals surface area contributed by atoms with Gasteiger partial charge in [0.1, 0.15) is 5.82 Å². The molecule has 146 valence electrons. The molecule has 1 saturated heterocycles. The van der Waals surface area contributed by atoms with Gasteiger partial charge in [-0.1, -0.05) is 37.3 Å². The van der Waals surface area contributed by atoms with E-state index in [-0.39, 0.29) is 30.2 Å². The number of rotatable bonds is 6. The molecule has 0 atom stereocenters. The Labute approximate surface area is 167 Å². The summed E-state index contributed by atoms with van der Waals surface area (Å²) in [5.74, 6) is -0.160. The van der Waals surface area contributed by atoms with Crippen LogP contribution in [-0.4, -0.2) is 36.5 Å². The Bertz CT molecular complexity index is 700. The third kappa shape index (κ3) is 5.78. The van der Waals surface area contributed by atoms with Gasteiger partial charge >= 0.3 is 0 Å². The van der Waals surface area contributed by atoms with Crippen LogP contribution in [0.25, 0.3) is 0 Å². The molecule has 27 heavy (non-hydrogen) atoms. The standard InChI is InChI=1S/C22H27FN2O.ClH/c1-2-22(26)25(20-10-8-19(23)9-11-20)21-13-16-24(17-14-21)15-12-18-6-4-3-5-7-18;/h3-11,21H,2,12-17H2,1H3;1H. The van der Waals surface area contributed by atoms with Gasteiger partial charge in [0.2, 0.25) is 5.91 Å². The number of hydrogen-bond acceptors (Lipinski definition) is 2. The van der Waals surface area contributed by atoms with Gasteiger partial charge in [-0.15, -0.1) is 12.4 Å². The van der Waals surface area contributed by atoms with Crippen LogP contribution in [0, 0.1) is 5.82 Å². The second-order valence-corrected chi connectivity index (χ2v) is 6.90. The molecule has 1 aliphatic heterocycles. The van der Waals surface area contributed by atoms with Gasteiger partial charge < -0.3 is 9.80 Å². The van der Waals surface area contributed by atoms with Gasteiger partial charge in [0.15, 0.2) is 0 Å². The average Bonchev–Trinajstić information content (AvgIpc) is 2.69. The summed E-state index contributed by atoms with van der Waals surface area (Å²) >= 11 is 0. The van der Waals surface area contributed by atoms with Gasteiger partial charge in [0, 0.05) is 37.8 Å². The first kappa shape index (κ1) is 21.4. The second kappa shape index (κ2) is 10.4. The van der Waals surface area contributed by atoms with Crippen molar-refractivity contribution in [3.63, 3.8) is 0 Å². The van der Waals surface area contributed by atoms with Gasteiger partial charge in [-0.25, -0.2) is 4.39 Å². The number of carbonyl (C=O) groups is 1. The maximum Gasteiger partial charge on any atom is 0.226 e. The van der Waals surface area contributed by atoms with E-state index in [9.17, 15) is 9.18 Å². The van der Waals surface area contributed by atoms with Gasteiger partial charge in [-0.05, 0) is 49.1 Å². The van der Waals surface area contributed by atoms with E-state index in [2.05, 4.69) is 29.2 Å². The number of likely N-dealkylation sites (tertiary alicyclic amines) is 1. The molecule has 0 spiro atoms. The summed E-state index contributed by atoms with van der Waals surface area (Å²) in [6.07, 6.45) is 3.43. The Hall–Kier alpha value is -1.91. The molecular formula is C22H28ClFN2O. The summed E-state index contributed by atoms with van der Waals surface area (Å²) in [4.78, 5) is 16.9. The Morgan fingerprint density at radius 3 is 2.30 bits per heavy atom. The van der Waals surface area contributed by atoms with Gasteiger partial charge in [-0.2, -0.15) is 0 Å². The number of hydrogen-bond donors (Lipinski definition) is 0. The summed E-state index contributed by atoms with van der Waals surface area (Å²) in [5, 5.41) is 0. The van der Waals surface area contributed by atoms with Crippen molar-refractivity contribution in [2.45, 2.75) is 38.6 Å². The van der Waals surface area contributed by atoms with Crippen molar-refractivity contribution in [1.29, 1.82) is 0 Å². The lowest BCUT2D eigenvalue weighted by Crippen LogP contribution is -2.47. The number of piperidine rings is 1. The maximum absolute atomic E-state index is 13.2. The predicted molar refractivity (Wildman–Crippen MR) is 111 cm³/mol. The van der Waals surface area contributed by atoms with Crippen molar-refractivity contribution in [3.8, 4) is 0 Å². The lowest BCUT2D eigenvalue weighted by molar-refractivity contribution is -0.119. The first-order chi connectivity index (χ1) is 12.7. The first-order valence-electron chi connectivity index (χ1n) is 9.51. The lowest BCUT2D eigenvalue weighted by atomic mass is 10.0. The highest BCUT2D eigenvalue weighted by molar-refractivity contribution is 5.93. The Balaban J connectivity index is 0.00000261. The predicted octanol–water partition coefficient (Wildman–Crippen LogP) is 4.70. The number of nitrogens with zero attached hydrogens (tertiary/aromatic N) is 2. The van der Waals surface area contributed by atoms with E-state index in [0.29, 0.717) is 6.42 Å². The molecule has 5 heteroatoms. The molecule has 1 heterocycles. The molecule has 0 bridgehead atoms. The average molecular weight is 391 g/mol. The number of amides is 1. The van der Waals surface area contributed by atoms with Crippen LogP contribution in [0.5, 0.6) is 0 Å². The zero-order chi connectivity index (χ0) is 18.4. The quantitative estimate of drug-likeness (QED) is 0.713. The first-order valence-corrected chi connectivity index (χ1v) is 9.51. The van der Waals surface area contributed by atoms with Crippen molar-refractivity contribution in [3.05, 3.63) is 66.0 Å². The summed E-state index contributed by atoms with van der Waals surface area (Å²) in [7, 11) is 0. The van der Waals surface area contributed by atoms with Crippen LogP contribution >= 0.6 is 12.4 Å². The van der Waals surface area contributed by atoms with E-state index < -0.39 is 0 Å². The fourth-order valence-electron chi connectivity index (χ4n) is 3.66. The van der Waals surface area contributed by atoms with Crippen LogP contribution in [0.3, 0.4) is 0 Å². The largest absolute Gasteiger partial charge is 0.309 e. The highest BCUT2D eigenvalue weighted by atomic mass is 35.5. The second-order valence-electron chi connectivity index (χ2n) is 6.90. The third-order valence-corrected chi connectivity index (χ3v) is 5.16. The summed E-state index contributed by atoms with van der Waals surface area (Å²) in [5.41, 5.74) is 2.17. The van der Waals surface area contributed by atoms with Crippen LogP contribution in [0.2, 0.25) is 0 Å². The molecule has 0 N–H and O–H groups in total. The van der Waals surface area contributed by atoms with Crippen LogP contribution in [-0.2, 0) is 11.2 Å². The summed E-state index contributed by atoms with van der Waals surface area (Å²) in [6, 6.07) is 17.0. The number of benzene rings is 2. The number of halogens is 2. The molecule has 1 fully saturated rings. The number of carbonyl (C=O) groups excluding carboxylic acids is 1. The SMILES string of the molecule is CCC(=O)N(c1ccc(F)cc1)C1CCN(CCc2ccccc2)CC1.Cl. The van der Waals surface area contributed by atoms with Crippen LogP contribution < -0.4 is 4.90 Å². The molecule has 3 nitrogen and oxygen atoms in total. The van der Waals surface area contributed by atoms with Crippen molar-refractivity contribution >= 4 is 24.0 Å². The van der Waals surface area contributed by atoms with Crippen molar-refractivity contribution in [2.24, 2.45) is 0 Å². The molecule has 0 radical (unpaired) electrons. The molecule has 0 unspecified atom stereocenters. The van der Waals surface area contributed by atoms with Gasteiger partial charge in [0.25, 0.3) is 0 Å². The van der Waals surface area contributed by atoms with Crippen molar-refractivity contribution in [1.82, 2.24) is 4.90 Å². The van der Waals surface area contributed by atoms with E-state index >= 15 is 0 Å². The minimum absolute atomic E-state index is 0. The lowest BCUT2D eigenvalue weighted by Gasteiger charge is -2.38. The molecule has 1 aliphatic rings. The molecule has 1 amide bonds. The fraction of sp³-hybridized carbons (Fsp3) is 0.409. The van der Waals surface area contributed by atoms with Gasteiger partial charge in [-0.3, -0.25) is 4.79 Å². The molecule has 0 aromatic heterocycles. The third-order valence-electron chi connectivity index (χ3n) is 5.16. The topological polar surface area (TPSA) is 23.6 Å². The highest BCUT2D eigenvalue weighted by Crippen LogP contribution is 2.25. The van der Waals surface area contributed by atoms with Crippen LogP contribution in [0.15, 0.2) is 54.6 Å². The summed E-state index contributed by atoms with van der Waals surface area (Å²) in [6.45, 7) is 4.92. The summed E-state index contributed by atoms with van der Waals surface area (Å²) < 4.78 is 13.2. The van der Waals surface area contributed by atoms with E-state index in [1.165, 1.54) is 17.7 Å². The van der Waals surface area contributed by atoms with Crippen LogP contribution in [0.4, 0.5) is 10.1 Å². The molecule has 2 aromatic carbocycles. The van der Waals surface area contributed by atoms with Crippen molar-refractivity contribution < 1.29 is 9.18 Å². The normalized spacial score (nSPS) is 15.2. The van der Waals surface area contributed by atoms with E-state index in [1.54, 1.807) is 12.1 Å². The van der Waals surface area contributed by atoms with E-state index in [4.69, 9.17) is 0 Å². The maximum atomic E-state index is 13.2. The van der Waals surface area contributed by atoms with Crippen molar-refractivity contribution in [2.75, 3.05) is 24.5 Å². The highest BCUT2D eigenvalue weighted by Gasteiger charge is 2.28. The van der Waals surface area contributed by atoms with E-state index in [0.717, 1.165) is 44.6 Å². The zero-order valence-electron chi connectivity index (χ0n) is 15.8. The minimum atomic E-state index is -0.270. The molecule has 0 saturated carbocycles. The number of anilines is 1. The molecule has 0 aliphatic carbocycles. The smallest absolute Gasteiger partial charge is 0.226 e. The van der Waals surface area contributed by atoms with Gasteiger partial charge in [0.05, 0.1) is 0 Å². The fourth-order valence-corrected chi connectivity index (χ4v) is 3.66. The zero-order valence-corrected chi connectivity index (χ0v) is 16.6. The Morgan fingerprint density at radius 2 is 1.70 bits per heavy atom. The molecule has 2 aromatic rings. The molecule has 3 rings (SSSR count). The molecular weight excluding hydrogens is 363 g/mol. The van der Waals surface area contributed by atoms with E-state index in [1.807, 2.05) is 17.9 Å². The Morgan fingerprint density at radius 1 is 1.07 bits per heavy atom. The minimum Gasteiger partial charge on any atom is -0.309 e.